The van der Waals surface area contributed by atoms with Gasteiger partial charge in [0.1, 0.15) is 0 Å². The molecule has 9 heavy (non-hydrogen) atoms. The Labute approximate surface area is 98.0 Å². The summed E-state index contributed by atoms with van der Waals surface area (Å²) in [6.07, 6.45) is 0. The van der Waals surface area contributed by atoms with E-state index in [2.05, 4.69) is 0 Å². The molecule has 0 aromatic carbocycles. The molecule has 0 aliphatic rings. The first-order valence-electron chi connectivity index (χ1n) is 0. The van der Waals surface area contributed by atoms with Crippen LogP contribution in [0.2, 0.25) is 0 Å². The number of hydrogen-bond donors (Lipinski definition) is 0. The second kappa shape index (κ2) is 250. The summed E-state index contributed by atoms with van der Waals surface area (Å²) in [7, 11) is 0. The molecule has 0 aliphatic heterocycles. The Morgan fingerprint density at radius 3 is 0.333 bits per heavy atom. The molecule has 0 fully saturated rings. The van der Waals surface area contributed by atoms with Gasteiger partial charge in [-0.15, -0.1) is 0 Å². The fourth-order valence-corrected chi connectivity index (χ4v) is 0. The van der Waals surface area contributed by atoms with Crippen molar-refractivity contribution in [1.82, 2.24) is 0 Å². The first kappa shape index (κ1) is 342. The Kier molecular flexibility index (Phi) is 9500. The van der Waals surface area contributed by atoms with Crippen molar-refractivity contribution in [1.29, 1.82) is 0 Å². The molecule has 0 saturated carbocycles. The zero-order valence-electron chi connectivity index (χ0n) is 4.50. The Morgan fingerprint density at radius 1 is 0.333 bits per heavy atom. The summed E-state index contributed by atoms with van der Waals surface area (Å²) >= 11 is 0. The van der Waals surface area contributed by atoms with E-state index in [-0.39, 0.29) is 98.9 Å². The van der Waals surface area contributed by atoms with Crippen molar-refractivity contribution < 1.29 is 39.8 Å². The van der Waals surface area contributed by atoms with Crippen molar-refractivity contribution in [3.63, 3.8) is 0 Å². The van der Waals surface area contributed by atoms with Gasteiger partial charge in [0.2, 0.25) is 0 Å². The molecule has 0 aromatic heterocycles. The molecule has 0 rings (SSSR count). The maximum absolute atomic E-state index is 0. The maximum atomic E-state index is 0. The summed E-state index contributed by atoms with van der Waals surface area (Å²) in [4.78, 5) is 0. The van der Waals surface area contributed by atoms with Crippen LogP contribution in [0.5, 0.6) is 0 Å². The third-order valence-corrected chi connectivity index (χ3v) is 0. The molecule has 0 unspecified atom stereocenters. The van der Waals surface area contributed by atoms with Crippen molar-refractivity contribution in [3.8, 4) is 0 Å². The van der Waals surface area contributed by atoms with Crippen molar-refractivity contribution in [2.24, 2.45) is 0 Å². The van der Waals surface area contributed by atoms with E-state index in [1.807, 2.05) is 0 Å². The normalized spacial score (nSPS) is 0. The van der Waals surface area contributed by atoms with Crippen LogP contribution < -0.4 is 0 Å². The van der Waals surface area contributed by atoms with E-state index in [1.54, 1.807) is 0 Å². The zero-order chi connectivity index (χ0) is 0. The molecule has 0 amide bonds. The fourth-order valence-electron chi connectivity index (χ4n) is 0. The first-order chi connectivity index (χ1) is 0. The van der Waals surface area contributed by atoms with Gasteiger partial charge in [-0.1, -0.05) is 0 Å². The van der Waals surface area contributed by atoms with Crippen LogP contribution >= 0.6 is 0 Å². The van der Waals surface area contributed by atoms with Crippen LogP contribution in [0.3, 0.4) is 0 Å². The molecule has 0 bridgehead atoms. The molecule has 0 heterocycles. The summed E-state index contributed by atoms with van der Waals surface area (Å²) in [5.74, 6) is 0. The molecular weight excluding hydrogens is 158 g/mol. The Morgan fingerprint density at radius 2 is 0.333 bits per heavy atom. The Hall–Kier alpha value is 1.72. The van der Waals surface area contributed by atoms with Gasteiger partial charge in [0.25, 0.3) is 0 Å². The van der Waals surface area contributed by atoms with Gasteiger partial charge in [0, 0.05) is 0 Å². The van der Waals surface area contributed by atoms with Gasteiger partial charge in [0.15, 0.2) is 0 Å². The van der Waals surface area contributed by atoms with E-state index in [0.717, 1.165) is 0 Å². The number of hydrogen-bond acceptors (Lipinski definition) is 0. The average molecular weight is 175 g/mol. The Balaban J connectivity index is 0. The molecule has 0 aromatic rings. The van der Waals surface area contributed by atoms with Crippen LogP contribution in [0.4, 0.5) is 0 Å². The molecule has 0 radical (unpaired) electrons. The van der Waals surface area contributed by atoms with Crippen LogP contribution in [0.15, 0.2) is 0 Å². The predicted molar refractivity (Wildman–Crippen MR) is 40.7 cm³/mol. The monoisotopic (exact) mass is 175 g/mol. The second-order valence-electron chi connectivity index (χ2n) is 0. The summed E-state index contributed by atoms with van der Waals surface area (Å²) in [5.41, 5.74) is 0. The van der Waals surface area contributed by atoms with Gasteiger partial charge >= 0.3 is 60.5 Å². The van der Waals surface area contributed by atoms with Crippen LogP contribution in [-0.2, 0) is 0 Å². The van der Waals surface area contributed by atoms with E-state index >= 15 is 0 Å². The van der Waals surface area contributed by atoms with Gasteiger partial charge in [-0.05, 0) is 0 Å². The van der Waals surface area contributed by atoms with E-state index in [9.17, 15) is 0 Å². The van der Waals surface area contributed by atoms with E-state index in [1.165, 1.54) is 0 Å². The molecule has 60 valence electrons. The molecule has 7 nitrogen and oxygen atoms in total. The zero-order valence-corrected chi connectivity index (χ0v) is 3.50. The third kappa shape index (κ3) is 196. The molecule has 0 aliphatic carbocycles. The molecule has 0 saturated heterocycles. The van der Waals surface area contributed by atoms with Crippen molar-refractivity contribution in [2.45, 2.75) is 0 Å². The quantitative estimate of drug-likeness (QED) is 0.313. The molecular formula is H17Na2O7+. The summed E-state index contributed by atoms with van der Waals surface area (Å²) < 4.78 is 0. The Bertz CT molecular complexity index is 11.6. The molecule has 14 N–H and O–H groups in total. The third-order valence-electron chi connectivity index (χ3n) is 0. The van der Waals surface area contributed by atoms with Crippen LogP contribution in [0, 0.1) is 0 Å². The van der Waals surface area contributed by atoms with Gasteiger partial charge in [-0.25, -0.2) is 0 Å². The van der Waals surface area contributed by atoms with Gasteiger partial charge in [-0.2, -0.15) is 0 Å². The topological polar surface area (TPSA) is 220 Å². The molecule has 0 atom stereocenters. The van der Waals surface area contributed by atoms with Crippen LogP contribution in [0.1, 0.15) is 1.43 Å². The number of rotatable bonds is 0. The minimum atomic E-state index is 0. The van der Waals surface area contributed by atoms with E-state index < -0.39 is 0 Å². The SMILES string of the molecule is O.O.O.O.O.O.O.[H+].[NaH].[NaH]. The van der Waals surface area contributed by atoms with Gasteiger partial charge in [0.05, 0.1) is 0 Å². The standard InChI is InChI=1S/2Na.7H2O.2H/h;;7*1H2;;/p+1. The first-order valence-corrected chi connectivity index (χ1v) is 0. The van der Waals surface area contributed by atoms with E-state index in [0.29, 0.717) is 0 Å². The second-order valence-corrected chi connectivity index (χ2v) is 0. The van der Waals surface area contributed by atoms with Crippen LogP contribution in [-0.4, -0.2) is 97.4 Å². The van der Waals surface area contributed by atoms with Crippen molar-refractivity contribution >= 4 is 59.1 Å². The summed E-state index contributed by atoms with van der Waals surface area (Å²) in [6.45, 7) is 0. The van der Waals surface area contributed by atoms with E-state index in [4.69, 9.17) is 0 Å². The van der Waals surface area contributed by atoms with Crippen LogP contribution in [0.25, 0.3) is 0 Å². The average Bonchev–Trinajstić information content (AvgIpc) is 0. The van der Waals surface area contributed by atoms with Gasteiger partial charge in [-0.3, -0.25) is 0 Å². The van der Waals surface area contributed by atoms with Crippen molar-refractivity contribution in [2.75, 3.05) is 0 Å². The van der Waals surface area contributed by atoms with Crippen molar-refractivity contribution in [3.05, 3.63) is 0 Å². The minimum absolute atomic E-state index is 0. The fraction of sp³-hybridized carbons (Fsp3) is 0. The molecule has 9 heteroatoms. The molecule has 0 spiro atoms. The summed E-state index contributed by atoms with van der Waals surface area (Å²) in [5, 5.41) is 0. The van der Waals surface area contributed by atoms with Gasteiger partial charge < -0.3 is 38.3 Å². The predicted octanol–water partition coefficient (Wildman–Crippen LogP) is -6.96. The summed E-state index contributed by atoms with van der Waals surface area (Å²) in [6, 6.07) is 0.